The highest BCUT2D eigenvalue weighted by atomic mass is 127. The number of likely N-dealkylation sites (N-methyl/N-ethyl adjacent to an activating group) is 1. The molecule has 6 nitrogen and oxygen atoms in total. The molecule has 156 valence electrons. The van der Waals surface area contributed by atoms with Crippen LogP contribution >= 0.6 is 35.3 Å². The van der Waals surface area contributed by atoms with Crippen LogP contribution in [0.25, 0.3) is 0 Å². The van der Waals surface area contributed by atoms with Gasteiger partial charge in [-0.1, -0.05) is 6.07 Å². The lowest BCUT2D eigenvalue weighted by Crippen LogP contribution is -2.39. The number of nitrogens with one attached hydrogen (secondary N) is 1. The molecule has 0 aliphatic carbocycles. The second-order valence-electron chi connectivity index (χ2n) is 5.93. The average molecular weight is 519 g/mol. The summed E-state index contributed by atoms with van der Waals surface area (Å²) in [5.74, 6) is 2.95. The molecule has 1 aromatic carbocycles. The second-order valence-corrected chi connectivity index (χ2v) is 6.96. The zero-order chi connectivity index (χ0) is 19.6. The van der Waals surface area contributed by atoms with Crippen molar-refractivity contribution in [2.45, 2.75) is 19.9 Å². The predicted octanol–water partition coefficient (Wildman–Crippen LogP) is 4.03. The van der Waals surface area contributed by atoms with Crippen LogP contribution in [-0.2, 0) is 13.0 Å². The number of methoxy groups -OCH3 is 3. The number of guanidine groups is 1. The van der Waals surface area contributed by atoms with Crippen molar-refractivity contribution in [3.05, 3.63) is 40.1 Å². The third-order valence-electron chi connectivity index (χ3n) is 4.17. The summed E-state index contributed by atoms with van der Waals surface area (Å²) in [6, 6.07) is 7.94. The Morgan fingerprint density at radius 3 is 2.32 bits per heavy atom. The molecule has 0 amide bonds. The van der Waals surface area contributed by atoms with Gasteiger partial charge in [0.1, 0.15) is 17.2 Å². The monoisotopic (exact) mass is 519 g/mol. The fourth-order valence-electron chi connectivity index (χ4n) is 2.70. The Morgan fingerprint density at radius 1 is 1.14 bits per heavy atom. The van der Waals surface area contributed by atoms with E-state index in [9.17, 15) is 0 Å². The number of hydrogen-bond donors (Lipinski definition) is 1. The van der Waals surface area contributed by atoms with Crippen LogP contribution in [0.1, 0.15) is 17.4 Å². The van der Waals surface area contributed by atoms with E-state index >= 15 is 0 Å². The number of thiophene rings is 1. The molecule has 28 heavy (non-hydrogen) atoms. The van der Waals surface area contributed by atoms with E-state index < -0.39 is 0 Å². The summed E-state index contributed by atoms with van der Waals surface area (Å²) >= 11 is 1.78. The number of benzene rings is 1. The third kappa shape index (κ3) is 6.73. The number of ether oxygens (including phenoxy) is 3. The van der Waals surface area contributed by atoms with Gasteiger partial charge in [0.25, 0.3) is 0 Å². The molecule has 1 aromatic heterocycles. The Balaban J connectivity index is 0.00000392. The van der Waals surface area contributed by atoms with Crippen LogP contribution < -0.4 is 19.5 Å². The minimum absolute atomic E-state index is 0. The van der Waals surface area contributed by atoms with E-state index in [4.69, 9.17) is 19.2 Å². The van der Waals surface area contributed by atoms with Crippen molar-refractivity contribution in [3.8, 4) is 17.2 Å². The van der Waals surface area contributed by atoms with Crippen LogP contribution in [0.2, 0.25) is 0 Å². The largest absolute Gasteiger partial charge is 0.496 e. The van der Waals surface area contributed by atoms with Crippen LogP contribution in [0.3, 0.4) is 0 Å². The Labute approximate surface area is 188 Å². The molecule has 1 heterocycles. The Hall–Kier alpha value is -1.68. The van der Waals surface area contributed by atoms with Gasteiger partial charge in [-0.15, -0.1) is 35.3 Å². The first kappa shape index (κ1) is 24.4. The Morgan fingerprint density at radius 2 is 1.82 bits per heavy atom. The van der Waals surface area contributed by atoms with Crippen LogP contribution in [0.15, 0.2) is 34.6 Å². The zero-order valence-electron chi connectivity index (χ0n) is 17.2. The standard InChI is InChI=1S/C20H29N3O3S.HI/c1-6-21-20(23(2)10-9-16-8-7-11-27-16)22-14-17-18(25-4)12-15(24-3)13-19(17)26-5;/h7-8,11-13H,6,9-10,14H2,1-5H3,(H,21,22);1H. The molecule has 0 unspecified atom stereocenters. The highest BCUT2D eigenvalue weighted by molar-refractivity contribution is 14.0. The predicted molar refractivity (Wildman–Crippen MR) is 127 cm³/mol. The maximum Gasteiger partial charge on any atom is 0.194 e. The summed E-state index contributed by atoms with van der Waals surface area (Å²) in [7, 11) is 6.95. The second kappa shape index (κ2) is 12.7. The molecule has 0 radical (unpaired) electrons. The molecular weight excluding hydrogens is 489 g/mol. The molecule has 2 aromatic rings. The van der Waals surface area contributed by atoms with Crippen molar-refractivity contribution in [1.82, 2.24) is 10.2 Å². The van der Waals surface area contributed by atoms with Gasteiger partial charge in [0.05, 0.1) is 33.4 Å². The molecular formula is C20H30IN3O3S. The third-order valence-corrected chi connectivity index (χ3v) is 5.11. The van der Waals surface area contributed by atoms with E-state index in [2.05, 4.69) is 41.7 Å². The number of hydrogen-bond acceptors (Lipinski definition) is 5. The molecule has 0 bridgehead atoms. The molecule has 2 rings (SSSR count). The average Bonchev–Trinajstić information content (AvgIpc) is 3.22. The quantitative estimate of drug-likeness (QED) is 0.308. The van der Waals surface area contributed by atoms with E-state index in [0.717, 1.165) is 31.0 Å². The van der Waals surface area contributed by atoms with Crippen molar-refractivity contribution >= 4 is 41.3 Å². The molecule has 0 aliphatic rings. The van der Waals surface area contributed by atoms with E-state index in [-0.39, 0.29) is 24.0 Å². The van der Waals surface area contributed by atoms with Crippen molar-refractivity contribution in [3.63, 3.8) is 0 Å². The van der Waals surface area contributed by atoms with Crippen molar-refractivity contribution in [1.29, 1.82) is 0 Å². The fraction of sp³-hybridized carbons (Fsp3) is 0.450. The highest BCUT2D eigenvalue weighted by Crippen LogP contribution is 2.34. The highest BCUT2D eigenvalue weighted by Gasteiger charge is 2.14. The first-order chi connectivity index (χ1) is 13.1. The lowest BCUT2D eigenvalue weighted by Gasteiger charge is -2.22. The van der Waals surface area contributed by atoms with Gasteiger partial charge >= 0.3 is 0 Å². The van der Waals surface area contributed by atoms with Gasteiger partial charge in [-0.2, -0.15) is 0 Å². The normalized spacial score (nSPS) is 10.8. The van der Waals surface area contributed by atoms with Gasteiger partial charge in [-0.3, -0.25) is 0 Å². The van der Waals surface area contributed by atoms with Crippen LogP contribution in [0.5, 0.6) is 17.2 Å². The van der Waals surface area contributed by atoms with Gasteiger partial charge < -0.3 is 24.4 Å². The van der Waals surface area contributed by atoms with E-state index in [0.29, 0.717) is 23.8 Å². The molecule has 0 saturated carbocycles. The Bertz CT molecular complexity index is 713. The van der Waals surface area contributed by atoms with E-state index in [1.807, 2.05) is 12.1 Å². The number of aliphatic imine (C=N–C) groups is 1. The maximum atomic E-state index is 5.52. The number of rotatable bonds is 9. The zero-order valence-corrected chi connectivity index (χ0v) is 20.3. The lowest BCUT2D eigenvalue weighted by atomic mass is 10.1. The minimum Gasteiger partial charge on any atom is -0.496 e. The molecule has 0 aliphatic heterocycles. The lowest BCUT2D eigenvalue weighted by molar-refractivity contribution is 0.369. The van der Waals surface area contributed by atoms with Gasteiger partial charge in [-0.25, -0.2) is 4.99 Å². The summed E-state index contributed by atoms with van der Waals surface area (Å²) in [5, 5.41) is 5.46. The maximum absolute atomic E-state index is 5.52. The molecule has 0 fully saturated rings. The molecule has 1 N–H and O–H groups in total. The number of halogens is 1. The summed E-state index contributed by atoms with van der Waals surface area (Å²) in [4.78, 5) is 8.31. The van der Waals surface area contributed by atoms with Crippen molar-refractivity contribution in [2.75, 3.05) is 41.5 Å². The van der Waals surface area contributed by atoms with Crippen molar-refractivity contribution in [2.24, 2.45) is 4.99 Å². The van der Waals surface area contributed by atoms with Gasteiger partial charge in [0, 0.05) is 37.1 Å². The summed E-state index contributed by atoms with van der Waals surface area (Å²) in [5.41, 5.74) is 0.892. The van der Waals surface area contributed by atoms with Crippen LogP contribution in [0, 0.1) is 0 Å². The number of nitrogens with zero attached hydrogens (tertiary/aromatic N) is 2. The van der Waals surface area contributed by atoms with Gasteiger partial charge in [0.15, 0.2) is 5.96 Å². The Kier molecular flexibility index (Phi) is 11.1. The first-order valence-electron chi connectivity index (χ1n) is 8.93. The molecule has 0 spiro atoms. The smallest absolute Gasteiger partial charge is 0.194 e. The molecule has 8 heteroatoms. The topological polar surface area (TPSA) is 55.3 Å². The van der Waals surface area contributed by atoms with Crippen LogP contribution in [0.4, 0.5) is 0 Å². The van der Waals surface area contributed by atoms with Gasteiger partial charge in [0.2, 0.25) is 0 Å². The van der Waals surface area contributed by atoms with Crippen LogP contribution in [-0.4, -0.2) is 52.3 Å². The van der Waals surface area contributed by atoms with Gasteiger partial charge in [-0.05, 0) is 24.8 Å². The van der Waals surface area contributed by atoms with E-state index in [1.54, 1.807) is 32.7 Å². The van der Waals surface area contributed by atoms with E-state index in [1.165, 1.54) is 4.88 Å². The first-order valence-corrected chi connectivity index (χ1v) is 9.81. The summed E-state index contributed by atoms with van der Waals surface area (Å²) in [6.07, 6.45) is 0.994. The SMILES string of the molecule is CCNC(=NCc1c(OC)cc(OC)cc1OC)N(C)CCc1cccs1.I. The summed E-state index contributed by atoms with van der Waals surface area (Å²) < 4.78 is 16.3. The molecule has 0 saturated heterocycles. The summed E-state index contributed by atoms with van der Waals surface area (Å²) in [6.45, 7) is 4.21. The fourth-order valence-corrected chi connectivity index (χ4v) is 3.39. The molecule has 0 atom stereocenters. The van der Waals surface area contributed by atoms with Crippen molar-refractivity contribution < 1.29 is 14.2 Å². The minimum atomic E-state index is 0.